The molecule has 2 aromatic heterocycles. The standard InChI is InChI=1S/C26H27N7O4/c1-3-22(34)29-18-5-4-6-21(13-18)33-24-17(16-32(26(33)35)20-8-9-20)14-28-25(31-24)30-19-7-10-23(27-15-19)37-12-11-36-2/h3-7,10,13-15,20H,1,8-9,11-12,16H2,2H3,(H,29,34)(H,28,30,31). The molecule has 11 nitrogen and oxygen atoms in total. The zero-order valence-corrected chi connectivity index (χ0v) is 20.4. The normalized spacial score (nSPS) is 14.7. The summed E-state index contributed by atoms with van der Waals surface area (Å²) in [7, 11) is 1.61. The first kappa shape index (κ1) is 24.2. The van der Waals surface area contributed by atoms with Gasteiger partial charge in [0.1, 0.15) is 6.61 Å². The van der Waals surface area contributed by atoms with Crippen LogP contribution in [0.4, 0.5) is 33.6 Å². The molecule has 1 saturated carbocycles. The molecule has 1 aliphatic heterocycles. The largest absolute Gasteiger partial charge is 0.475 e. The Hall–Kier alpha value is -4.51. The van der Waals surface area contributed by atoms with Crippen molar-refractivity contribution in [1.82, 2.24) is 19.9 Å². The molecular weight excluding hydrogens is 474 g/mol. The number of ether oxygens (including phenoxy) is 2. The van der Waals surface area contributed by atoms with Crippen LogP contribution in [0, 0.1) is 0 Å². The summed E-state index contributed by atoms with van der Waals surface area (Å²) in [5.74, 6) is 0.954. The molecule has 1 aliphatic carbocycles. The second-order valence-electron chi connectivity index (χ2n) is 8.61. The predicted octanol–water partition coefficient (Wildman–Crippen LogP) is 4.00. The Balaban J connectivity index is 1.43. The van der Waals surface area contributed by atoms with E-state index in [1.807, 2.05) is 11.0 Å². The quantitative estimate of drug-likeness (QED) is 0.316. The maximum atomic E-state index is 13.6. The first-order valence-electron chi connectivity index (χ1n) is 11.9. The number of hydrogen-bond donors (Lipinski definition) is 2. The first-order valence-corrected chi connectivity index (χ1v) is 11.9. The number of rotatable bonds is 10. The van der Waals surface area contributed by atoms with Gasteiger partial charge in [0.05, 0.1) is 30.7 Å². The Morgan fingerprint density at radius 1 is 1.16 bits per heavy atom. The van der Waals surface area contributed by atoms with Gasteiger partial charge in [-0.15, -0.1) is 0 Å². The molecule has 0 saturated heterocycles. The summed E-state index contributed by atoms with van der Waals surface area (Å²) in [6.45, 7) is 4.81. The highest BCUT2D eigenvalue weighted by Crippen LogP contribution is 2.39. The number of urea groups is 1. The highest BCUT2D eigenvalue weighted by Gasteiger charge is 2.41. The van der Waals surface area contributed by atoms with Gasteiger partial charge < -0.3 is 25.0 Å². The number of carbonyl (C=O) groups is 2. The third kappa shape index (κ3) is 5.51. The summed E-state index contributed by atoms with van der Waals surface area (Å²) < 4.78 is 10.5. The van der Waals surface area contributed by atoms with Gasteiger partial charge >= 0.3 is 6.03 Å². The third-order valence-corrected chi connectivity index (χ3v) is 5.91. The SMILES string of the molecule is C=CC(=O)Nc1cccc(N2C(=O)N(C3CC3)Cc3cnc(Nc4ccc(OCCOC)nc4)nc32)c1. The van der Waals surface area contributed by atoms with Crippen molar-refractivity contribution in [3.8, 4) is 5.88 Å². The van der Waals surface area contributed by atoms with Gasteiger partial charge in [-0.3, -0.25) is 4.79 Å². The second kappa shape index (κ2) is 10.6. The Bertz CT molecular complexity index is 1310. The molecule has 3 heterocycles. The lowest BCUT2D eigenvalue weighted by molar-refractivity contribution is -0.111. The topological polar surface area (TPSA) is 122 Å². The Morgan fingerprint density at radius 3 is 2.76 bits per heavy atom. The van der Waals surface area contributed by atoms with E-state index >= 15 is 0 Å². The van der Waals surface area contributed by atoms with Crippen LogP contribution in [0.15, 0.2) is 61.4 Å². The van der Waals surface area contributed by atoms with Crippen LogP contribution in [-0.2, 0) is 16.1 Å². The van der Waals surface area contributed by atoms with E-state index in [1.165, 1.54) is 6.08 Å². The number of carbonyl (C=O) groups excluding carboxylic acids is 2. The minimum absolute atomic E-state index is 0.161. The maximum Gasteiger partial charge on any atom is 0.330 e. The molecule has 0 radical (unpaired) electrons. The van der Waals surface area contributed by atoms with E-state index < -0.39 is 0 Å². The molecule has 1 fully saturated rings. The molecule has 0 unspecified atom stereocenters. The number of aromatic nitrogens is 3. The van der Waals surface area contributed by atoms with Crippen LogP contribution >= 0.6 is 0 Å². The molecular formula is C26H27N7O4. The lowest BCUT2D eigenvalue weighted by Crippen LogP contribution is -2.46. The fourth-order valence-electron chi connectivity index (χ4n) is 3.95. The van der Waals surface area contributed by atoms with E-state index in [9.17, 15) is 9.59 Å². The predicted molar refractivity (Wildman–Crippen MR) is 138 cm³/mol. The molecule has 2 N–H and O–H groups in total. The molecule has 1 aromatic carbocycles. The van der Waals surface area contributed by atoms with E-state index in [2.05, 4.69) is 27.2 Å². The van der Waals surface area contributed by atoms with Gasteiger partial charge in [0, 0.05) is 36.7 Å². The number of amides is 3. The fourth-order valence-corrected chi connectivity index (χ4v) is 3.95. The minimum Gasteiger partial charge on any atom is -0.475 e. The van der Waals surface area contributed by atoms with Crippen molar-refractivity contribution in [1.29, 1.82) is 0 Å². The van der Waals surface area contributed by atoms with Crippen molar-refractivity contribution in [2.75, 3.05) is 35.9 Å². The fraction of sp³-hybridized carbons (Fsp3) is 0.269. The molecule has 0 atom stereocenters. The molecule has 11 heteroatoms. The Labute approximate surface area is 214 Å². The van der Waals surface area contributed by atoms with E-state index in [0.717, 1.165) is 18.4 Å². The Kier molecular flexibility index (Phi) is 6.95. The van der Waals surface area contributed by atoms with Crippen molar-refractivity contribution < 1.29 is 19.1 Å². The number of benzene rings is 1. The monoisotopic (exact) mass is 501 g/mol. The Morgan fingerprint density at radius 2 is 2.03 bits per heavy atom. The molecule has 3 aromatic rings. The average Bonchev–Trinajstić information content (AvgIpc) is 3.75. The van der Waals surface area contributed by atoms with E-state index in [4.69, 9.17) is 14.5 Å². The summed E-state index contributed by atoms with van der Waals surface area (Å²) in [5.41, 5.74) is 2.63. The summed E-state index contributed by atoms with van der Waals surface area (Å²) in [6, 6.07) is 10.7. The van der Waals surface area contributed by atoms with Crippen LogP contribution < -0.4 is 20.3 Å². The molecule has 0 spiro atoms. The van der Waals surface area contributed by atoms with Gasteiger partial charge in [0.15, 0.2) is 5.82 Å². The van der Waals surface area contributed by atoms with Crippen LogP contribution in [-0.4, -0.2) is 58.2 Å². The number of pyridine rings is 1. The van der Waals surface area contributed by atoms with E-state index in [1.54, 1.807) is 54.7 Å². The van der Waals surface area contributed by atoms with Crippen LogP contribution in [0.5, 0.6) is 5.88 Å². The van der Waals surface area contributed by atoms with Gasteiger partial charge in [-0.05, 0) is 43.2 Å². The van der Waals surface area contributed by atoms with Crippen LogP contribution in [0.1, 0.15) is 18.4 Å². The summed E-state index contributed by atoms with van der Waals surface area (Å²) in [6.07, 6.45) is 6.50. The number of anilines is 5. The number of nitrogens with one attached hydrogen (secondary N) is 2. The second-order valence-corrected chi connectivity index (χ2v) is 8.61. The average molecular weight is 502 g/mol. The zero-order valence-electron chi connectivity index (χ0n) is 20.4. The van der Waals surface area contributed by atoms with Crippen molar-refractivity contribution >= 4 is 40.8 Å². The van der Waals surface area contributed by atoms with Crippen molar-refractivity contribution in [2.24, 2.45) is 0 Å². The highest BCUT2D eigenvalue weighted by atomic mass is 16.5. The number of nitrogens with zero attached hydrogens (tertiary/aromatic N) is 5. The van der Waals surface area contributed by atoms with E-state index in [0.29, 0.717) is 54.5 Å². The summed E-state index contributed by atoms with van der Waals surface area (Å²) >= 11 is 0. The molecule has 0 bridgehead atoms. The van der Waals surface area contributed by atoms with Crippen LogP contribution in [0.2, 0.25) is 0 Å². The van der Waals surface area contributed by atoms with Crippen LogP contribution in [0.3, 0.4) is 0 Å². The van der Waals surface area contributed by atoms with Gasteiger partial charge in [-0.25, -0.2) is 19.7 Å². The first-order chi connectivity index (χ1) is 18.1. The van der Waals surface area contributed by atoms with Gasteiger partial charge in [-0.1, -0.05) is 12.6 Å². The molecule has 3 amide bonds. The third-order valence-electron chi connectivity index (χ3n) is 5.91. The van der Waals surface area contributed by atoms with Crippen molar-refractivity contribution in [3.63, 3.8) is 0 Å². The number of hydrogen-bond acceptors (Lipinski definition) is 8. The summed E-state index contributed by atoms with van der Waals surface area (Å²) in [5, 5.41) is 5.89. The highest BCUT2D eigenvalue weighted by molar-refractivity contribution is 6.03. The molecule has 37 heavy (non-hydrogen) atoms. The smallest absolute Gasteiger partial charge is 0.330 e. The lowest BCUT2D eigenvalue weighted by Gasteiger charge is -2.36. The van der Waals surface area contributed by atoms with E-state index in [-0.39, 0.29) is 18.0 Å². The minimum atomic E-state index is -0.334. The van der Waals surface area contributed by atoms with Gasteiger partial charge in [0.2, 0.25) is 17.7 Å². The molecule has 5 rings (SSSR count). The van der Waals surface area contributed by atoms with Gasteiger partial charge in [0.25, 0.3) is 0 Å². The maximum absolute atomic E-state index is 13.6. The van der Waals surface area contributed by atoms with Crippen molar-refractivity contribution in [2.45, 2.75) is 25.4 Å². The van der Waals surface area contributed by atoms with Gasteiger partial charge in [-0.2, -0.15) is 4.98 Å². The molecule has 2 aliphatic rings. The molecule has 190 valence electrons. The van der Waals surface area contributed by atoms with Crippen LogP contribution in [0.25, 0.3) is 0 Å². The van der Waals surface area contributed by atoms with Crippen molar-refractivity contribution in [3.05, 3.63) is 67.0 Å². The lowest BCUT2D eigenvalue weighted by atomic mass is 10.1. The number of methoxy groups -OCH3 is 1. The zero-order chi connectivity index (χ0) is 25.8. The number of fused-ring (bicyclic) bond motifs is 1. The summed E-state index contributed by atoms with van der Waals surface area (Å²) in [4.78, 5) is 42.3.